The molecule has 21 heavy (non-hydrogen) atoms. The number of carbonyl (C=O) groups is 1. The van der Waals surface area contributed by atoms with Crippen molar-refractivity contribution in [1.29, 1.82) is 0 Å². The number of nitrogens with one attached hydrogen (secondary N) is 2. The van der Waals surface area contributed by atoms with E-state index < -0.39 is 0 Å². The zero-order valence-corrected chi connectivity index (χ0v) is 14.2. The van der Waals surface area contributed by atoms with E-state index in [9.17, 15) is 4.79 Å². The molecule has 2 rings (SSSR count). The van der Waals surface area contributed by atoms with Crippen molar-refractivity contribution in [2.75, 3.05) is 33.2 Å². The summed E-state index contributed by atoms with van der Waals surface area (Å²) in [7, 11) is 1.74. The Morgan fingerprint density at radius 3 is 2.48 bits per heavy atom. The largest absolute Gasteiger partial charge is 0.358 e. The van der Waals surface area contributed by atoms with Crippen LogP contribution in [0.15, 0.2) is 0 Å². The van der Waals surface area contributed by atoms with Gasteiger partial charge in [0.2, 0.25) is 5.91 Å². The summed E-state index contributed by atoms with van der Waals surface area (Å²) in [5.74, 6) is 1.80. The number of rotatable bonds is 3. The van der Waals surface area contributed by atoms with Crippen LogP contribution in [-0.4, -0.2) is 50.1 Å². The third-order valence-electron chi connectivity index (χ3n) is 5.47. The molecule has 1 aliphatic carbocycles. The summed E-state index contributed by atoms with van der Waals surface area (Å²) in [5, 5.41) is 6.15. The zero-order chi connectivity index (χ0) is 15.5. The standard InChI is InChI=1S/C17H33N3O/c1-17(2,3)14-7-5-13(6-8-14)12-20-10-9-19-11-15(20)16(21)18-4/h13-15,19H,5-12H2,1-4H3,(H,18,21). The van der Waals surface area contributed by atoms with E-state index in [1.807, 2.05) is 0 Å². The number of carbonyl (C=O) groups excluding carboxylic acids is 1. The molecule has 4 nitrogen and oxygen atoms in total. The van der Waals surface area contributed by atoms with Gasteiger partial charge >= 0.3 is 0 Å². The van der Waals surface area contributed by atoms with Crippen LogP contribution in [0.5, 0.6) is 0 Å². The van der Waals surface area contributed by atoms with Gasteiger partial charge in [0, 0.05) is 33.2 Å². The minimum atomic E-state index is 0.0177. The van der Waals surface area contributed by atoms with E-state index in [-0.39, 0.29) is 11.9 Å². The Morgan fingerprint density at radius 1 is 1.24 bits per heavy atom. The highest BCUT2D eigenvalue weighted by molar-refractivity contribution is 5.81. The molecule has 2 N–H and O–H groups in total. The minimum Gasteiger partial charge on any atom is -0.358 e. The third kappa shape index (κ3) is 4.43. The van der Waals surface area contributed by atoms with Crippen molar-refractivity contribution in [3.63, 3.8) is 0 Å². The fourth-order valence-electron chi connectivity index (χ4n) is 3.93. The fraction of sp³-hybridized carbons (Fsp3) is 0.941. The summed E-state index contributed by atoms with van der Waals surface area (Å²) < 4.78 is 0. The summed E-state index contributed by atoms with van der Waals surface area (Å²) in [6, 6.07) is 0.0177. The lowest BCUT2D eigenvalue weighted by Crippen LogP contribution is -2.58. The number of hydrogen-bond donors (Lipinski definition) is 2. The molecule has 0 spiro atoms. The topological polar surface area (TPSA) is 44.4 Å². The summed E-state index contributed by atoms with van der Waals surface area (Å²) >= 11 is 0. The van der Waals surface area contributed by atoms with Crippen molar-refractivity contribution in [2.24, 2.45) is 17.3 Å². The molecule has 1 heterocycles. The summed E-state index contributed by atoms with van der Waals surface area (Å²) in [6.45, 7) is 11.0. The molecule has 0 aromatic carbocycles. The number of piperazine rings is 1. The highest BCUT2D eigenvalue weighted by atomic mass is 16.2. The van der Waals surface area contributed by atoms with Gasteiger partial charge < -0.3 is 10.6 Å². The van der Waals surface area contributed by atoms with Crippen LogP contribution >= 0.6 is 0 Å². The Balaban J connectivity index is 1.85. The van der Waals surface area contributed by atoms with Gasteiger partial charge in [-0.2, -0.15) is 0 Å². The van der Waals surface area contributed by atoms with E-state index in [4.69, 9.17) is 0 Å². The molecule has 0 radical (unpaired) electrons. The van der Waals surface area contributed by atoms with Crippen LogP contribution in [0.3, 0.4) is 0 Å². The Hall–Kier alpha value is -0.610. The molecule has 2 fully saturated rings. The van der Waals surface area contributed by atoms with E-state index in [1.54, 1.807) is 7.05 Å². The van der Waals surface area contributed by atoms with E-state index in [2.05, 4.69) is 36.3 Å². The molecule has 2 aliphatic rings. The smallest absolute Gasteiger partial charge is 0.238 e. The molecule has 122 valence electrons. The molecule has 0 aromatic heterocycles. The lowest BCUT2D eigenvalue weighted by atomic mass is 9.70. The first kappa shape index (κ1) is 16.8. The van der Waals surface area contributed by atoms with Gasteiger partial charge in [0.15, 0.2) is 0 Å². The van der Waals surface area contributed by atoms with Gasteiger partial charge in [-0.1, -0.05) is 20.8 Å². The molecule has 1 unspecified atom stereocenters. The monoisotopic (exact) mass is 295 g/mol. The van der Waals surface area contributed by atoms with Crippen molar-refractivity contribution in [2.45, 2.75) is 52.5 Å². The Kier molecular flexibility index (Phi) is 5.67. The molecule has 1 aliphatic heterocycles. The van der Waals surface area contributed by atoms with Crippen LogP contribution in [-0.2, 0) is 4.79 Å². The molecule has 4 heteroatoms. The third-order valence-corrected chi connectivity index (χ3v) is 5.47. The maximum atomic E-state index is 12.0. The van der Waals surface area contributed by atoms with Gasteiger partial charge in [-0.25, -0.2) is 0 Å². The Morgan fingerprint density at radius 2 is 1.90 bits per heavy atom. The molecule has 1 saturated heterocycles. The summed E-state index contributed by atoms with van der Waals surface area (Å²) in [6.07, 6.45) is 5.36. The normalized spacial score (nSPS) is 31.9. The fourth-order valence-corrected chi connectivity index (χ4v) is 3.93. The molecule has 1 saturated carbocycles. The first-order valence-electron chi connectivity index (χ1n) is 8.58. The number of likely N-dealkylation sites (N-methyl/N-ethyl adjacent to an activating group) is 1. The first-order valence-corrected chi connectivity index (χ1v) is 8.58. The van der Waals surface area contributed by atoms with Crippen molar-refractivity contribution in [3.8, 4) is 0 Å². The average molecular weight is 295 g/mol. The molecule has 1 atom stereocenters. The van der Waals surface area contributed by atoms with Crippen LogP contribution in [0.4, 0.5) is 0 Å². The average Bonchev–Trinajstić information content (AvgIpc) is 2.46. The van der Waals surface area contributed by atoms with Crippen LogP contribution in [0.1, 0.15) is 46.5 Å². The maximum Gasteiger partial charge on any atom is 0.238 e. The van der Waals surface area contributed by atoms with E-state index in [1.165, 1.54) is 25.7 Å². The van der Waals surface area contributed by atoms with Crippen LogP contribution < -0.4 is 10.6 Å². The predicted molar refractivity (Wildman–Crippen MR) is 87.2 cm³/mol. The van der Waals surface area contributed by atoms with E-state index >= 15 is 0 Å². The molecule has 0 bridgehead atoms. The van der Waals surface area contributed by atoms with E-state index in [0.29, 0.717) is 5.41 Å². The number of hydrogen-bond acceptors (Lipinski definition) is 3. The first-order chi connectivity index (χ1) is 9.91. The van der Waals surface area contributed by atoms with Gasteiger partial charge in [-0.3, -0.25) is 9.69 Å². The summed E-state index contributed by atoms with van der Waals surface area (Å²) in [4.78, 5) is 14.4. The lowest BCUT2D eigenvalue weighted by molar-refractivity contribution is -0.126. The Labute approximate surface area is 130 Å². The van der Waals surface area contributed by atoms with Crippen molar-refractivity contribution < 1.29 is 4.79 Å². The number of nitrogens with zero attached hydrogens (tertiary/aromatic N) is 1. The quantitative estimate of drug-likeness (QED) is 0.835. The van der Waals surface area contributed by atoms with Gasteiger partial charge in [-0.05, 0) is 42.9 Å². The highest BCUT2D eigenvalue weighted by Gasteiger charge is 2.33. The minimum absolute atomic E-state index is 0.0177. The molecular formula is C17H33N3O. The summed E-state index contributed by atoms with van der Waals surface area (Å²) in [5.41, 5.74) is 0.449. The second kappa shape index (κ2) is 7.10. The van der Waals surface area contributed by atoms with E-state index in [0.717, 1.165) is 38.0 Å². The van der Waals surface area contributed by atoms with Crippen molar-refractivity contribution >= 4 is 5.91 Å². The zero-order valence-electron chi connectivity index (χ0n) is 14.2. The Bertz CT molecular complexity index is 342. The second-order valence-electron chi connectivity index (χ2n) is 7.91. The number of amides is 1. The lowest BCUT2D eigenvalue weighted by Gasteiger charge is -2.41. The van der Waals surface area contributed by atoms with Crippen LogP contribution in [0, 0.1) is 17.3 Å². The van der Waals surface area contributed by atoms with Gasteiger partial charge in [-0.15, -0.1) is 0 Å². The predicted octanol–water partition coefficient (Wildman–Crippen LogP) is 1.86. The maximum absolute atomic E-state index is 12.0. The highest BCUT2D eigenvalue weighted by Crippen LogP contribution is 2.40. The molecule has 1 amide bonds. The molecular weight excluding hydrogens is 262 g/mol. The van der Waals surface area contributed by atoms with Crippen molar-refractivity contribution in [3.05, 3.63) is 0 Å². The molecule has 0 aromatic rings. The van der Waals surface area contributed by atoms with Crippen LogP contribution in [0.25, 0.3) is 0 Å². The van der Waals surface area contributed by atoms with Crippen LogP contribution in [0.2, 0.25) is 0 Å². The van der Waals surface area contributed by atoms with Gasteiger partial charge in [0.05, 0.1) is 0 Å². The second-order valence-corrected chi connectivity index (χ2v) is 7.91. The SMILES string of the molecule is CNC(=O)C1CNCCN1CC1CCC(C(C)(C)C)CC1. The van der Waals surface area contributed by atoms with Crippen molar-refractivity contribution in [1.82, 2.24) is 15.5 Å². The van der Waals surface area contributed by atoms with Gasteiger partial charge in [0.1, 0.15) is 6.04 Å². The van der Waals surface area contributed by atoms with Gasteiger partial charge in [0.25, 0.3) is 0 Å².